The van der Waals surface area contributed by atoms with Gasteiger partial charge in [-0.05, 0) is 49.2 Å². The van der Waals surface area contributed by atoms with Gasteiger partial charge in [0.05, 0.1) is 17.2 Å². The lowest BCUT2D eigenvalue weighted by molar-refractivity contribution is 0.475. The molecule has 1 heterocycles. The molecule has 2 aromatic carbocycles. The molecule has 0 bridgehead atoms. The predicted molar refractivity (Wildman–Crippen MR) is 96.0 cm³/mol. The topological polar surface area (TPSA) is 72.7 Å². The molecular formula is C21H17N3O. The van der Waals surface area contributed by atoms with Crippen LogP contribution in [0.2, 0.25) is 0 Å². The van der Waals surface area contributed by atoms with Crippen molar-refractivity contribution in [2.45, 2.75) is 20.4 Å². The smallest absolute Gasteiger partial charge is 0.115 e. The van der Waals surface area contributed by atoms with Gasteiger partial charge in [-0.2, -0.15) is 10.5 Å². The van der Waals surface area contributed by atoms with Crippen molar-refractivity contribution in [3.05, 3.63) is 76.6 Å². The highest BCUT2D eigenvalue weighted by Crippen LogP contribution is 2.32. The Hall–Kier alpha value is -3.50. The summed E-state index contributed by atoms with van der Waals surface area (Å²) in [5, 5.41) is 28.1. The zero-order valence-corrected chi connectivity index (χ0v) is 14.1. The fourth-order valence-corrected chi connectivity index (χ4v) is 3.11. The lowest BCUT2D eigenvalue weighted by Crippen LogP contribution is -2.04. The number of rotatable bonds is 3. The van der Waals surface area contributed by atoms with Gasteiger partial charge in [0, 0.05) is 23.5 Å². The molecule has 1 N–H and O–H groups in total. The second kappa shape index (κ2) is 6.55. The molecule has 1 aromatic heterocycles. The van der Waals surface area contributed by atoms with Crippen molar-refractivity contribution in [2.24, 2.45) is 0 Å². The number of phenols is 1. The Morgan fingerprint density at radius 2 is 1.52 bits per heavy atom. The minimum atomic E-state index is 0.237. The summed E-state index contributed by atoms with van der Waals surface area (Å²) < 4.78 is 2.11. The second-order valence-electron chi connectivity index (χ2n) is 5.97. The minimum absolute atomic E-state index is 0.237. The number of nitriles is 2. The third kappa shape index (κ3) is 2.98. The maximum atomic E-state index is 9.65. The quantitative estimate of drug-likeness (QED) is 0.781. The number of nitrogens with zero attached hydrogens (tertiary/aromatic N) is 3. The van der Waals surface area contributed by atoms with Gasteiger partial charge in [-0.3, -0.25) is 0 Å². The van der Waals surface area contributed by atoms with Crippen molar-refractivity contribution < 1.29 is 5.11 Å². The molecule has 0 amide bonds. The van der Waals surface area contributed by atoms with Gasteiger partial charge in [0.1, 0.15) is 11.8 Å². The van der Waals surface area contributed by atoms with E-state index in [1.54, 1.807) is 24.3 Å². The molecule has 122 valence electrons. The van der Waals surface area contributed by atoms with E-state index in [1.165, 1.54) is 0 Å². The summed E-state index contributed by atoms with van der Waals surface area (Å²) in [4.78, 5) is 0. The Morgan fingerprint density at radius 3 is 2.08 bits per heavy atom. The van der Waals surface area contributed by atoms with Crippen molar-refractivity contribution >= 4 is 0 Å². The molecule has 0 aliphatic rings. The van der Waals surface area contributed by atoms with Crippen molar-refractivity contribution in [2.75, 3.05) is 0 Å². The fourth-order valence-electron chi connectivity index (χ4n) is 3.11. The summed E-state index contributed by atoms with van der Waals surface area (Å²) in [6.07, 6.45) is 0. The van der Waals surface area contributed by atoms with Crippen LogP contribution in [-0.2, 0) is 6.54 Å². The molecule has 4 heteroatoms. The molecule has 0 radical (unpaired) electrons. The molecular weight excluding hydrogens is 310 g/mol. The van der Waals surface area contributed by atoms with Gasteiger partial charge in [-0.25, -0.2) is 0 Å². The molecule has 25 heavy (non-hydrogen) atoms. The van der Waals surface area contributed by atoms with Crippen LogP contribution < -0.4 is 0 Å². The molecule has 0 unspecified atom stereocenters. The molecule has 0 aliphatic heterocycles. The third-order valence-corrected chi connectivity index (χ3v) is 4.47. The first-order chi connectivity index (χ1) is 12.0. The Bertz CT molecular complexity index is 998. The van der Waals surface area contributed by atoms with Gasteiger partial charge in [0.25, 0.3) is 0 Å². The van der Waals surface area contributed by atoms with E-state index >= 15 is 0 Å². The average Bonchev–Trinajstić information content (AvgIpc) is 2.87. The number of aromatic hydroxyl groups is 1. The number of benzene rings is 2. The zero-order chi connectivity index (χ0) is 18.0. The van der Waals surface area contributed by atoms with Crippen LogP contribution in [0.1, 0.15) is 28.1 Å². The first-order valence-corrected chi connectivity index (χ1v) is 7.93. The van der Waals surface area contributed by atoms with Gasteiger partial charge in [0.2, 0.25) is 0 Å². The monoisotopic (exact) mass is 327 g/mol. The summed E-state index contributed by atoms with van der Waals surface area (Å²) in [5.41, 5.74) is 6.05. The average molecular weight is 327 g/mol. The third-order valence-electron chi connectivity index (χ3n) is 4.47. The van der Waals surface area contributed by atoms with Gasteiger partial charge < -0.3 is 9.67 Å². The molecule has 3 rings (SSSR count). The van der Waals surface area contributed by atoms with E-state index in [4.69, 9.17) is 5.26 Å². The number of phenolic OH excluding ortho intramolecular Hbond substituents is 1. The van der Waals surface area contributed by atoms with Crippen LogP contribution in [0.15, 0.2) is 48.5 Å². The SMILES string of the molecule is Cc1c(C#N)c(-c2ccc(C#N)cc2)c(C)n1Cc1ccc(O)cc1. The summed E-state index contributed by atoms with van der Waals surface area (Å²) in [7, 11) is 0. The summed E-state index contributed by atoms with van der Waals surface area (Å²) in [5.74, 6) is 0.237. The zero-order valence-electron chi connectivity index (χ0n) is 14.1. The molecule has 3 aromatic rings. The van der Waals surface area contributed by atoms with Crippen LogP contribution in [0.3, 0.4) is 0 Å². The van der Waals surface area contributed by atoms with Crippen LogP contribution in [0.5, 0.6) is 5.75 Å². The fraction of sp³-hybridized carbons (Fsp3) is 0.143. The first kappa shape index (κ1) is 16.4. The molecule has 0 aliphatic carbocycles. The Labute approximate surface area is 146 Å². The van der Waals surface area contributed by atoms with Crippen molar-refractivity contribution in [1.29, 1.82) is 10.5 Å². The van der Waals surface area contributed by atoms with Gasteiger partial charge in [-0.15, -0.1) is 0 Å². The minimum Gasteiger partial charge on any atom is -0.508 e. The van der Waals surface area contributed by atoms with E-state index in [1.807, 2.05) is 38.1 Å². The van der Waals surface area contributed by atoms with E-state index in [-0.39, 0.29) is 5.75 Å². The lowest BCUT2D eigenvalue weighted by Gasteiger charge is -2.10. The van der Waals surface area contributed by atoms with E-state index in [2.05, 4.69) is 16.7 Å². The normalized spacial score (nSPS) is 10.2. The molecule has 0 fully saturated rings. The maximum absolute atomic E-state index is 9.65. The number of hydrogen-bond acceptors (Lipinski definition) is 3. The second-order valence-corrected chi connectivity index (χ2v) is 5.97. The maximum Gasteiger partial charge on any atom is 0.115 e. The van der Waals surface area contributed by atoms with Crippen molar-refractivity contribution in [3.63, 3.8) is 0 Å². The highest BCUT2D eigenvalue weighted by atomic mass is 16.3. The van der Waals surface area contributed by atoms with Gasteiger partial charge >= 0.3 is 0 Å². The Balaban J connectivity index is 2.09. The summed E-state index contributed by atoms with van der Waals surface area (Å²) in [6.45, 7) is 4.57. The summed E-state index contributed by atoms with van der Waals surface area (Å²) >= 11 is 0. The van der Waals surface area contributed by atoms with E-state index in [0.29, 0.717) is 17.7 Å². The molecule has 0 saturated heterocycles. The van der Waals surface area contributed by atoms with Crippen molar-refractivity contribution in [3.8, 4) is 29.0 Å². The summed E-state index contributed by atoms with van der Waals surface area (Å²) in [6, 6.07) is 18.8. The lowest BCUT2D eigenvalue weighted by atomic mass is 10.0. The molecule has 0 atom stereocenters. The first-order valence-electron chi connectivity index (χ1n) is 7.93. The van der Waals surface area contributed by atoms with Gasteiger partial charge in [0.15, 0.2) is 0 Å². The van der Waals surface area contributed by atoms with E-state index in [0.717, 1.165) is 28.1 Å². The predicted octanol–water partition coefficient (Wildman–Crippen LogP) is 4.27. The van der Waals surface area contributed by atoms with Gasteiger partial charge in [-0.1, -0.05) is 24.3 Å². The molecule has 4 nitrogen and oxygen atoms in total. The van der Waals surface area contributed by atoms with Crippen LogP contribution in [-0.4, -0.2) is 9.67 Å². The highest BCUT2D eigenvalue weighted by Gasteiger charge is 2.19. The molecule has 0 saturated carbocycles. The highest BCUT2D eigenvalue weighted by molar-refractivity contribution is 5.75. The van der Waals surface area contributed by atoms with Crippen LogP contribution in [0.25, 0.3) is 11.1 Å². The van der Waals surface area contributed by atoms with Crippen molar-refractivity contribution in [1.82, 2.24) is 4.57 Å². The van der Waals surface area contributed by atoms with Crippen LogP contribution in [0.4, 0.5) is 0 Å². The standard InChI is InChI=1S/C21H17N3O/c1-14-20(12-23)21(18-7-3-16(11-22)4-8-18)15(2)24(14)13-17-5-9-19(25)10-6-17/h3-10,25H,13H2,1-2H3. The Kier molecular flexibility index (Phi) is 4.29. The largest absolute Gasteiger partial charge is 0.508 e. The van der Waals surface area contributed by atoms with Crippen LogP contribution >= 0.6 is 0 Å². The number of aromatic nitrogens is 1. The van der Waals surface area contributed by atoms with Crippen LogP contribution in [0, 0.1) is 36.5 Å². The number of hydrogen-bond donors (Lipinski definition) is 1. The Morgan fingerprint density at radius 1 is 0.880 bits per heavy atom. The molecule has 0 spiro atoms. The van der Waals surface area contributed by atoms with E-state index < -0.39 is 0 Å². The van der Waals surface area contributed by atoms with E-state index in [9.17, 15) is 10.4 Å².